The number of methoxy groups -OCH3 is 1. The summed E-state index contributed by atoms with van der Waals surface area (Å²) < 4.78 is 4.56. The van der Waals surface area contributed by atoms with Crippen LogP contribution in [0.25, 0.3) is 0 Å². The topological polar surface area (TPSA) is 33.0 Å². The Balaban J connectivity index is 2.75. The Bertz CT molecular complexity index is 337. The molecule has 1 aromatic rings. The van der Waals surface area contributed by atoms with Gasteiger partial charge in [0.15, 0.2) is 0 Å². The molecule has 0 heterocycles. The third-order valence-electron chi connectivity index (χ3n) is 1.93. The number of halogens is 1. The second-order valence-electron chi connectivity index (χ2n) is 3.33. The first kappa shape index (κ1) is 11.1. The summed E-state index contributed by atoms with van der Waals surface area (Å²) in [6.45, 7) is 1.86. The van der Waals surface area contributed by atoms with Crippen LogP contribution in [0, 0.1) is 11.3 Å². The molecule has 0 N–H and O–H groups in total. The van der Waals surface area contributed by atoms with E-state index in [0.717, 1.165) is 11.3 Å². The number of rotatable bonds is 3. The van der Waals surface area contributed by atoms with Gasteiger partial charge < -0.3 is 4.74 Å². The summed E-state index contributed by atoms with van der Waals surface area (Å²) in [7, 11) is 1.64. The van der Waals surface area contributed by atoms with E-state index in [-0.39, 0.29) is 0 Å². The molecule has 74 valence electrons. The number of hydrogen-bond donors (Lipinski definition) is 0. The van der Waals surface area contributed by atoms with Crippen molar-refractivity contribution in [1.82, 2.24) is 0 Å². The summed E-state index contributed by atoms with van der Waals surface area (Å²) in [5, 5.41) is 8.83. The molecule has 2 nitrogen and oxygen atoms in total. The van der Waals surface area contributed by atoms with E-state index < -0.39 is 4.32 Å². The number of hydrogen-bond acceptors (Lipinski definition) is 2. The number of nitriles is 1. The Labute approximate surface area is 92.6 Å². The van der Waals surface area contributed by atoms with E-state index >= 15 is 0 Å². The highest BCUT2D eigenvalue weighted by atomic mass is 79.9. The first-order valence-corrected chi connectivity index (χ1v) is 5.10. The summed E-state index contributed by atoms with van der Waals surface area (Å²) >= 11 is 3.36. The Morgan fingerprint density at radius 2 is 2.00 bits per heavy atom. The molecule has 0 aliphatic rings. The van der Waals surface area contributed by atoms with Crippen molar-refractivity contribution in [2.24, 2.45) is 0 Å². The lowest BCUT2D eigenvalue weighted by atomic mass is 10.0. The summed E-state index contributed by atoms with van der Waals surface area (Å²) in [4.78, 5) is 0. The first-order chi connectivity index (χ1) is 6.57. The molecule has 1 atom stereocenters. The number of alkyl halides is 1. The maximum Gasteiger partial charge on any atom is 0.118 e. The van der Waals surface area contributed by atoms with Gasteiger partial charge in [-0.2, -0.15) is 5.26 Å². The Morgan fingerprint density at radius 1 is 1.43 bits per heavy atom. The minimum atomic E-state index is -0.485. The van der Waals surface area contributed by atoms with Gasteiger partial charge in [0.25, 0.3) is 0 Å². The van der Waals surface area contributed by atoms with E-state index in [1.54, 1.807) is 7.11 Å². The molecule has 1 aromatic carbocycles. The summed E-state index contributed by atoms with van der Waals surface area (Å²) in [5.41, 5.74) is 1.12. The first-order valence-electron chi connectivity index (χ1n) is 4.30. The highest BCUT2D eigenvalue weighted by Gasteiger charge is 2.19. The van der Waals surface area contributed by atoms with Gasteiger partial charge in [0, 0.05) is 6.42 Å². The van der Waals surface area contributed by atoms with Crippen LogP contribution in [-0.2, 0) is 6.42 Å². The Hall–Kier alpha value is -1.01. The lowest BCUT2D eigenvalue weighted by Gasteiger charge is -2.12. The standard InChI is InChI=1S/C11H12BrNO/c1-11(12,8-13)7-9-3-5-10(14-2)6-4-9/h3-6H,7H2,1-2H3. The van der Waals surface area contributed by atoms with Crippen molar-refractivity contribution in [3.05, 3.63) is 29.8 Å². The Morgan fingerprint density at radius 3 is 2.43 bits per heavy atom. The van der Waals surface area contributed by atoms with E-state index in [0.29, 0.717) is 6.42 Å². The maximum atomic E-state index is 8.83. The smallest absolute Gasteiger partial charge is 0.118 e. The van der Waals surface area contributed by atoms with E-state index in [2.05, 4.69) is 22.0 Å². The van der Waals surface area contributed by atoms with Gasteiger partial charge in [0.2, 0.25) is 0 Å². The molecule has 0 bridgehead atoms. The molecule has 0 aromatic heterocycles. The maximum absolute atomic E-state index is 8.83. The molecule has 3 heteroatoms. The van der Waals surface area contributed by atoms with Crippen molar-refractivity contribution in [1.29, 1.82) is 5.26 Å². The summed E-state index contributed by atoms with van der Waals surface area (Å²) in [5.74, 6) is 0.835. The zero-order chi connectivity index (χ0) is 10.6. The summed E-state index contributed by atoms with van der Waals surface area (Å²) in [6.07, 6.45) is 0.688. The van der Waals surface area contributed by atoms with Crippen LogP contribution in [0.5, 0.6) is 5.75 Å². The fraction of sp³-hybridized carbons (Fsp3) is 0.364. The predicted molar refractivity (Wildman–Crippen MR) is 59.6 cm³/mol. The van der Waals surface area contributed by atoms with E-state index in [1.165, 1.54) is 0 Å². The minimum Gasteiger partial charge on any atom is -0.497 e. The molecule has 0 radical (unpaired) electrons. The molecule has 14 heavy (non-hydrogen) atoms. The van der Waals surface area contributed by atoms with Crippen molar-refractivity contribution in [3.63, 3.8) is 0 Å². The fourth-order valence-corrected chi connectivity index (χ4v) is 1.49. The minimum absolute atomic E-state index is 0.485. The van der Waals surface area contributed by atoms with Crippen LogP contribution in [0.2, 0.25) is 0 Å². The Kier molecular flexibility index (Phi) is 3.54. The normalized spacial score (nSPS) is 14.1. The van der Waals surface area contributed by atoms with E-state index in [1.807, 2.05) is 31.2 Å². The van der Waals surface area contributed by atoms with E-state index in [9.17, 15) is 0 Å². The third-order valence-corrected chi connectivity index (χ3v) is 2.39. The molecular formula is C11H12BrNO. The predicted octanol–water partition coefficient (Wildman–Crippen LogP) is 2.91. The molecule has 1 unspecified atom stereocenters. The van der Waals surface area contributed by atoms with Crippen molar-refractivity contribution in [3.8, 4) is 11.8 Å². The largest absolute Gasteiger partial charge is 0.497 e. The van der Waals surface area contributed by atoms with Crippen molar-refractivity contribution < 1.29 is 4.74 Å². The third kappa shape index (κ3) is 3.04. The lowest BCUT2D eigenvalue weighted by molar-refractivity contribution is 0.414. The average molecular weight is 254 g/mol. The summed E-state index contributed by atoms with van der Waals surface area (Å²) in [6, 6.07) is 9.94. The number of benzene rings is 1. The molecule has 0 spiro atoms. The van der Waals surface area contributed by atoms with Crippen molar-refractivity contribution >= 4 is 15.9 Å². The molecular weight excluding hydrogens is 242 g/mol. The van der Waals surface area contributed by atoms with Crippen LogP contribution in [0.4, 0.5) is 0 Å². The van der Waals surface area contributed by atoms with Gasteiger partial charge in [-0.3, -0.25) is 0 Å². The van der Waals surface area contributed by atoms with Gasteiger partial charge >= 0.3 is 0 Å². The SMILES string of the molecule is COc1ccc(CC(C)(Br)C#N)cc1. The number of ether oxygens (including phenoxy) is 1. The monoisotopic (exact) mass is 253 g/mol. The molecule has 0 aliphatic carbocycles. The fourth-order valence-electron chi connectivity index (χ4n) is 1.17. The zero-order valence-electron chi connectivity index (χ0n) is 8.25. The van der Waals surface area contributed by atoms with Gasteiger partial charge in [0.05, 0.1) is 13.2 Å². The second-order valence-corrected chi connectivity index (χ2v) is 5.08. The van der Waals surface area contributed by atoms with Gasteiger partial charge in [-0.25, -0.2) is 0 Å². The van der Waals surface area contributed by atoms with Gasteiger partial charge in [-0.1, -0.05) is 28.1 Å². The van der Waals surface area contributed by atoms with Gasteiger partial charge in [-0.05, 0) is 24.6 Å². The quantitative estimate of drug-likeness (QED) is 0.777. The van der Waals surface area contributed by atoms with Crippen LogP contribution >= 0.6 is 15.9 Å². The molecule has 0 saturated carbocycles. The van der Waals surface area contributed by atoms with Crippen molar-refractivity contribution in [2.45, 2.75) is 17.7 Å². The molecule has 0 aliphatic heterocycles. The zero-order valence-corrected chi connectivity index (χ0v) is 9.84. The van der Waals surface area contributed by atoms with Crippen LogP contribution in [0.15, 0.2) is 24.3 Å². The van der Waals surface area contributed by atoms with Crippen LogP contribution in [-0.4, -0.2) is 11.4 Å². The van der Waals surface area contributed by atoms with Crippen molar-refractivity contribution in [2.75, 3.05) is 7.11 Å². The van der Waals surface area contributed by atoms with Crippen LogP contribution in [0.1, 0.15) is 12.5 Å². The molecule has 0 saturated heterocycles. The van der Waals surface area contributed by atoms with E-state index in [4.69, 9.17) is 10.00 Å². The van der Waals surface area contributed by atoms with Crippen LogP contribution < -0.4 is 4.74 Å². The molecule has 0 amide bonds. The average Bonchev–Trinajstić information content (AvgIpc) is 2.19. The lowest BCUT2D eigenvalue weighted by Crippen LogP contribution is -2.15. The van der Waals surface area contributed by atoms with Crippen LogP contribution in [0.3, 0.4) is 0 Å². The van der Waals surface area contributed by atoms with Gasteiger partial charge in [-0.15, -0.1) is 0 Å². The highest BCUT2D eigenvalue weighted by molar-refractivity contribution is 9.10. The second kappa shape index (κ2) is 4.47. The molecule has 1 rings (SSSR count). The van der Waals surface area contributed by atoms with Gasteiger partial charge in [0.1, 0.15) is 10.1 Å². The highest BCUT2D eigenvalue weighted by Crippen LogP contribution is 2.23. The molecule has 0 fully saturated rings. The number of nitrogens with zero attached hydrogens (tertiary/aromatic N) is 1.